The van der Waals surface area contributed by atoms with Crippen molar-refractivity contribution < 1.29 is 14.0 Å². The highest BCUT2D eigenvalue weighted by Gasteiger charge is 2.24. The van der Waals surface area contributed by atoms with E-state index in [1.165, 1.54) is 12.1 Å². The predicted octanol–water partition coefficient (Wildman–Crippen LogP) is 8.46. The highest BCUT2D eigenvalue weighted by atomic mass is 19.1. The molecule has 0 radical (unpaired) electrons. The third-order valence-corrected chi connectivity index (χ3v) is 7.97. The third-order valence-electron chi connectivity index (χ3n) is 7.97. The van der Waals surface area contributed by atoms with Gasteiger partial charge in [-0.15, -0.1) is 0 Å². The van der Waals surface area contributed by atoms with Crippen LogP contribution in [0.5, 0.6) is 0 Å². The van der Waals surface area contributed by atoms with Crippen molar-refractivity contribution in [2.75, 3.05) is 25.0 Å². The standard InChI is InChI=1S/C36H45FN4O2/c1-6-7-20-41(36(43)39-35-30(25(2)3)12-10-13-31(35)26(4)5)24-34(42)40(23-27-15-17-29(37)18-16-27)21-19-28-22-38-33-14-9-8-11-32(28)33/h8-18,22,25-26,38H,6-7,19-21,23-24H2,1-5H3,(H,39,43). The second-order valence-electron chi connectivity index (χ2n) is 11.9. The van der Waals surface area contributed by atoms with Crippen molar-refractivity contribution in [3.63, 3.8) is 0 Å². The number of para-hydroxylation sites is 2. The topological polar surface area (TPSA) is 68.4 Å². The van der Waals surface area contributed by atoms with Gasteiger partial charge in [-0.3, -0.25) is 4.79 Å². The summed E-state index contributed by atoms with van der Waals surface area (Å²) < 4.78 is 13.6. The van der Waals surface area contributed by atoms with E-state index in [9.17, 15) is 14.0 Å². The molecule has 228 valence electrons. The van der Waals surface area contributed by atoms with Crippen LogP contribution in [0.3, 0.4) is 0 Å². The van der Waals surface area contributed by atoms with Gasteiger partial charge in [0.1, 0.15) is 12.4 Å². The molecule has 0 spiro atoms. The molecule has 0 atom stereocenters. The lowest BCUT2D eigenvalue weighted by molar-refractivity contribution is -0.132. The van der Waals surface area contributed by atoms with Gasteiger partial charge in [0.05, 0.1) is 0 Å². The van der Waals surface area contributed by atoms with Crippen LogP contribution in [0.25, 0.3) is 10.9 Å². The summed E-state index contributed by atoms with van der Waals surface area (Å²) in [7, 11) is 0. The maximum absolute atomic E-state index is 13.9. The van der Waals surface area contributed by atoms with Gasteiger partial charge in [-0.25, -0.2) is 9.18 Å². The van der Waals surface area contributed by atoms with Gasteiger partial charge in [0, 0.05) is 42.4 Å². The number of nitrogens with one attached hydrogen (secondary N) is 2. The van der Waals surface area contributed by atoms with Gasteiger partial charge >= 0.3 is 6.03 Å². The van der Waals surface area contributed by atoms with Gasteiger partial charge in [-0.1, -0.05) is 89.6 Å². The molecule has 4 rings (SSSR count). The van der Waals surface area contributed by atoms with Crippen molar-refractivity contribution in [2.24, 2.45) is 0 Å². The molecule has 0 fully saturated rings. The van der Waals surface area contributed by atoms with Gasteiger partial charge in [-0.05, 0) is 65.1 Å². The first-order chi connectivity index (χ1) is 20.7. The summed E-state index contributed by atoms with van der Waals surface area (Å²) in [4.78, 5) is 34.5. The number of carbonyl (C=O) groups is 2. The Hall–Kier alpha value is -4.13. The molecule has 0 bridgehead atoms. The summed E-state index contributed by atoms with van der Waals surface area (Å²) in [5, 5.41) is 4.33. The van der Waals surface area contributed by atoms with Crippen LogP contribution in [0.15, 0.2) is 72.9 Å². The van der Waals surface area contributed by atoms with Gasteiger partial charge in [-0.2, -0.15) is 0 Å². The van der Waals surface area contributed by atoms with E-state index in [-0.39, 0.29) is 36.1 Å². The number of halogens is 1. The summed E-state index contributed by atoms with van der Waals surface area (Å²) in [6, 6.07) is 20.2. The smallest absolute Gasteiger partial charge is 0.322 e. The molecule has 0 aliphatic rings. The lowest BCUT2D eigenvalue weighted by atomic mass is 9.93. The summed E-state index contributed by atoms with van der Waals surface area (Å²) in [6.45, 7) is 11.8. The number of H-pyrrole nitrogens is 1. The van der Waals surface area contributed by atoms with E-state index in [1.807, 2.05) is 30.5 Å². The molecule has 0 saturated carbocycles. The van der Waals surface area contributed by atoms with E-state index in [4.69, 9.17) is 0 Å². The number of hydrogen-bond acceptors (Lipinski definition) is 2. The molecule has 0 saturated heterocycles. The van der Waals surface area contributed by atoms with Crippen LogP contribution >= 0.6 is 0 Å². The number of fused-ring (bicyclic) bond motifs is 1. The number of benzene rings is 3. The highest BCUT2D eigenvalue weighted by Crippen LogP contribution is 2.32. The lowest BCUT2D eigenvalue weighted by Gasteiger charge is -2.29. The summed E-state index contributed by atoms with van der Waals surface area (Å²) in [5.41, 5.74) is 6.02. The Morgan fingerprint density at radius 1 is 0.860 bits per heavy atom. The molecule has 2 N–H and O–H groups in total. The molecule has 0 unspecified atom stereocenters. The molecule has 3 aromatic carbocycles. The molecule has 3 amide bonds. The molecule has 1 heterocycles. The quantitative estimate of drug-likeness (QED) is 0.166. The maximum atomic E-state index is 13.9. The van der Waals surface area contributed by atoms with Crippen LogP contribution in [0, 0.1) is 5.82 Å². The Kier molecular flexibility index (Phi) is 11.0. The minimum atomic E-state index is -0.315. The zero-order valence-electron chi connectivity index (χ0n) is 26.1. The molecule has 1 aromatic heterocycles. The fourth-order valence-corrected chi connectivity index (χ4v) is 5.44. The minimum Gasteiger partial charge on any atom is -0.361 e. The van der Waals surface area contributed by atoms with Crippen molar-refractivity contribution in [1.29, 1.82) is 0 Å². The fourth-order valence-electron chi connectivity index (χ4n) is 5.44. The first kappa shape index (κ1) is 31.8. The van der Waals surface area contributed by atoms with Gasteiger partial charge < -0.3 is 20.1 Å². The highest BCUT2D eigenvalue weighted by molar-refractivity contribution is 5.94. The van der Waals surface area contributed by atoms with E-state index in [2.05, 4.69) is 63.1 Å². The minimum absolute atomic E-state index is 0.0399. The Labute approximate surface area is 255 Å². The summed E-state index contributed by atoms with van der Waals surface area (Å²) in [6.07, 6.45) is 4.33. The molecule has 0 aliphatic heterocycles. The van der Waals surface area contributed by atoms with Gasteiger partial charge in [0.25, 0.3) is 0 Å². The second kappa shape index (κ2) is 14.9. The van der Waals surface area contributed by atoms with Crippen molar-refractivity contribution in [2.45, 2.75) is 72.3 Å². The summed E-state index contributed by atoms with van der Waals surface area (Å²) >= 11 is 0. The number of aromatic amines is 1. The number of nitrogens with zero attached hydrogens (tertiary/aromatic N) is 2. The Morgan fingerprint density at radius 3 is 2.19 bits per heavy atom. The van der Waals surface area contributed by atoms with Crippen LogP contribution in [-0.2, 0) is 17.8 Å². The molecule has 43 heavy (non-hydrogen) atoms. The van der Waals surface area contributed by atoms with E-state index in [0.717, 1.165) is 51.7 Å². The fraction of sp³-hybridized carbons (Fsp3) is 0.389. The molecular formula is C36H45FN4O2. The normalized spacial score (nSPS) is 11.3. The Morgan fingerprint density at radius 2 is 1.53 bits per heavy atom. The van der Waals surface area contributed by atoms with Crippen LogP contribution in [-0.4, -0.2) is 46.4 Å². The van der Waals surface area contributed by atoms with Crippen LogP contribution in [0.1, 0.15) is 81.5 Å². The van der Waals surface area contributed by atoms with E-state index in [1.54, 1.807) is 21.9 Å². The van der Waals surface area contributed by atoms with Crippen molar-refractivity contribution in [1.82, 2.24) is 14.8 Å². The van der Waals surface area contributed by atoms with Gasteiger partial charge in [0.2, 0.25) is 5.91 Å². The van der Waals surface area contributed by atoms with Crippen LogP contribution in [0.2, 0.25) is 0 Å². The zero-order valence-corrected chi connectivity index (χ0v) is 26.1. The number of hydrogen-bond donors (Lipinski definition) is 2. The maximum Gasteiger partial charge on any atom is 0.322 e. The largest absolute Gasteiger partial charge is 0.361 e. The predicted molar refractivity (Wildman–Crippen MR) is 174 cm³/mol. The first-order valence-electron chi connectivity index (χ1n) is 15.4. The van der Waals surface area contributed by atoms with E-state index < -0.39 is 0 Å². The number of aromatic nitrogens is 1. The van der Waals surface area contributed by atoms with Crippen molar-refractivity contribution in [3.05, 3.63) is 101 Å². The van der Waals surface area contributed by atoms with E-state index >= 15 is 0 Å². The lowest BCUT2D eigenvalue weighted by Crippen LogP contribution is -2.45. The molecule has 0 aliphatic carbocycles. The molecule has 4 aromatic rings. The Bertz CT molecular complexity index is 1480. The van der Waals surface area contributed by atoms with Gasteiger partial charge in [0.15, 0.2) is 0 Å². The second-order valence-corrected chi connectivity index (χ2v) is 11.9. The number of carbonyl (C=O) groups excluding carboxylic acids is 2. The number of unbranched alkanes of at least 4 members (excludes halogenated alkanes) is 1. The van der Waals surface area contributed by atoms with Crippen LogP contribution < -0.4 is 5.32 Å². The average molecular weight is 585 g/mol. The van der Waals surface area contributed by atoms with Crippen molar-refractivity contribution >= 4 is 28.5 Å². The number of anilines is 1. The molecule has 6 nitrogen and oxygen atoms in total. The number of amides is 3. The third kappa shape index (κ3) is 8.25. The summed E-state index contributed by atoms with van der Waals surface area (Å²) in [5.74, 6) is 0.00722. The van der Waals surface area contributed by atoms with Crippen molar-refractivity contribution in [3.8, 4) is 0 Å². The zero-order chi connectivity index (χ0) is 30.9. The molecular weight excluding hydrogens is 539 g/mol. The molecule has 7 heteroatoms. The number of urea groups is 1. The van der Waals surface area contributed by atoms with Crippen LogP contribution in [0.4, 0.5) is 14.9 Å². The number of rotatable bonds is 13. The average Bonchev–Trinajstić information content (AvgIpc) is 3.41. The monoisotopic (exact) mass is 584 g/mol. The van der Waals surface area contributed by atoms with E-state index in [0.29, 0.717) is 26.1 Å². The Balaban J connectivity index is 1.57. The first-order valence-corrected chi connectivity index (χ1v) is 15.4. The SMILES string of the molecule is CCCCN(CC(=O)N(CCc1c[nH]c2ccccc12)Cc1ccc(F)cc1)C(=O)Nc1c(C(C)C)cccc1C(C)C.